The van der Waals surface area contributed by atoms with Gasteiger partial charge in [-0.25, -0.2) is 8.78 Å². The van der Waals surface area contributed by atoms with E-state index in [1.54, 1.807) is 6.92 Å². The summed E-state index contributed by atoms with van der Waals surface area (Å²) < 4.78 is 31.9. The van der Waals surface area contributed by atoms with E-state index in [9.17, 15) is 8.78 Å². The maximum Gasteiger partial charge on any atom is 0.160 e. The molecule has 0 bridgehead atoms. The molecule has 1 aromatic carbocycles. The zero-order valence-corrected chi connectivity index (χ0v) is 11.6. The standard InChI is InChI=1S/C14H14ClF2NO/c1-6-7(2)19-8(3)13(6)14(18)9-4-11(16)12(17)5-10(9)15/h4-5,14H,18H2,1-3H3. The van der Waals surface area contributed by atoms with Crippen molar-refractivity contribution in [2.45, 2.75) is 26.8 Å². The number of hydrogen-bond donors (Lipinski definition) is 1. The molecule has 1 heterocycles. The third-order valence-electron chi connectivity index (χ3n) is 3.30. The smallest absolute Gasteiger partial charge is 0.160 e. The van der Waals surface area contributed by atoms with Gasteiger partial charge in [-0.05, 0) is 44.0 Å². The van der Waals surface area contributed by atoms with Crippen molar-refractivity contribution in [3.05, 3.63) is 57.0 Å². The van der Waals surface area contributed by atoms with Crippen LogP contribution >= 0.6 is 11.6 Å². The molecule has 2 rings (SSSR count). The summed E-state index contributed by atoms with van der Waals surface area (Å²) in [5, 5.41) is 0.101. The van der Waals surface area contributed by atoms with Gasteiger partial charge in [0, 0.05) is 10.6 Å². The Kier molecular flexibility index (Phi) is 3.65. The van der Waals surface area contributed by atoms with Gasteiger partial charge in [-0.15, -0.1) is 0 Å². The lowest BCUT2D eigenvalue weighted by Crippen LogP contribution is -2.14. The normalized spacial score (nSPS) is 12.8. The fourth-order valence-electron chi connectivity index (χ4n) is 2.20. The lowest BCUT2D eigenvalue weighted by molar-refractivity contribution is 0.497. The molecular weight excluding hydrogens is 272 g/mol. The van der Waals surface area contributed by atoms with Gasteiger partial charge >= 0.3 is 0 Å². The van der Waals surface area contributed by atoms with Gasteiger partial charge in [-0.3, -0.25) is 0 Å². The lowest BCUT2D eigenvalue weighted by Gasteiger charge is -2.15. The highest BCUT2D eigenvalue weighted by Gasteiger charge is 2.22. The highest BCUT2D eigenvalue weighted by molar-refractivity contribution is 6.31. The van der Waals surface area contributed by atoms with Crippen molar-refractivity contribution in [2.24, 2.45) is 5.73 Å². The van der Waals surface area contributed by atoms with Crippen LogP contribution in [0.15, 0.2) is 16.5 Å². The van der Waals surface area contributed by atoms with Gasteiger partial charge in [0.05, 0.1) is 6.04 Å². The Balaban J connectivity index is 2.56. The van der Waals surface area contributed by atoms with Crippen molar-refractivity contribution in [3.63, 3.8) is 0 Å². The van der Waals surface area contributed by atoms with Crippen LogP contribution in [0.25, 0.3) is 0 Å². The quantitative estimate of drug-likeness (QED) is 0.841. The van der Waals surface area contributed by atoms with Crippen molar-refractivity contribution in [1.29, 1.82) is 0 Å². The van der Waals surface area contributed by atoms with Crippen LogP contribution in [0, 0.1) is 32.4 Å². The molecule has 0 fully saturated rings. The summed E-state index contributed by atoms with van der Waals surface area (Å²) in [6, 6.07) is 1.31. The molecule has 0 spiro atoms. The summed E-state index contributed by atoms with van der Waals surface area (Å²) >= 11 is 5.94. The molecule has 2 aromatic rings. The summed E-state index contributed by atoms with van der Waals surface area (Å²) in [6.45, 7) is 5.48. The van der Waals surface area contributed by atoms with Crippen LogP contribution in [-0.4, -0.2) is 0 Å². The minimum atomic E-state index is -0.988. The van der Waals surface area contributed by atoms with E-state index in [1.807, 2.05) is 13.8 Å². The molecule has 1 aromatic heterocycles. The number of nitrogens with two attached hydrogens (primary N) is 1. The average Bonchev–Trinajstić information content (AvgIpc) is 2.57. The number of rotatable bonds is 2. The first-order valence-electron chi connectivity index (χ1n) is 5.79. The third-order valence-corrected chi connectivity index (χ3v) is 3.63. The lowest BCUT2D eigenvalue weighted by atomic mass is 9.96. The third kappa shape index (κ3) is 2.38. The van der Waals surface area contributed by atoms with E-state index >= 15 is 0 Å². The van der Waals surface area contributed by atoms with E-state index in [-0.39, 0.29) is 5.02 Å². The zero-order valence-electron chi connectivity index (χ0n) is 10.9. The first-order chi connectivity index (χ1) is 8.82. The van der Waals surface area contributed by atoms with E-state index in [2.05, 4.69) is 0 Å². The fraction of sp³-hybridized carbons (Fsp3) is 0.286. The number of benzene rings is 1. The molecule has 0 saturated heterocycles. The molecule has 2 nitrogen and oxygen atoms in total. The SMILES string of the molecule is Cc1oc(C)c(C(N)c2cc(F)c(F)cc2Cl)c1C. The minimum absolute atomic E-state index is 0.101. The minimum Gasteiger partial charge on any atom is -0.466 e. The Morgan fingerprint density at radius 1 is 1.11 bits per heavy atom. The van der Waals surface area contributed by atoms with Gasteiger partial charge in [0.2, 0.25) is 0 Å². The molecule has 5 heteroatoms. The first-order valence-corrected chi connectivity index (χ1v) is 6.17. The second kappa shape index (κ2) is 4.94. The van der Waals surface area contributed by atoms with Gasteiger partial charge < -0.3 is 10.2 Å². The summed E-state index contributed by atoms with van der Waals surface area (Å²) in [6.07, 6.45) is 0. The Labute approximate surface area is 115 Å². The Morgan fingerprint density at radius 3 is 2.21 bits per heavy atom. The van der Waals surface area contributed by atoms with Crippen LogP contribution in [0.5, 0.6) is 0 Å². The van der Waals surface area contributed by atoms with Crippen molar-refractivity contribution >= 4 is 11.6 Å². The Bertz CT molecular complexity index is 637. The zero-order chi connectivity index (χ0) is 14.3. The number of aryl methyl sites for hydroxylation is 2. The highest BCUT2D eigenvalue weighted by Crippen LogP contribution is 2.33. The Morgan fingerprint density at radius 2 is 1.68 bits per heavy atom. The fourth-order valence-corrected chi connectivity index (χ4v) is 2.47. The molecule has 19 heavy (non-hydrogen) atoms. The van der Waals surface area contributed by atoms with Crippen LogP contribution in [0.4, 0.5) is 8.78 Å². The van der Waals surface area contributed by atoms with Crippen molar-refractivity contribution in [3.8, 4) is 0 Å². The van der Waals surface area contributed by atoms with Gasteiger partial charge in [0.1, 0.15) is 11.5 Å². The van der Waals surface area contributed by atoms with E-state index in [0.29, 0.717) is 11.3 Å². The van der Waals surface area contributed by atoms with Crippen LogP contribution < -0.4 is 5.73 Å². The van der Waals surface area contributed by atoms with E-state index in [4.69, 9.17) is 21.8 Å². The number of halogens is 3. The van der Waals surface area contributed by atoms with E-state index in [0.717, 1.165) is 29.0 Å². The van der Waals surface area contributed by atoms with Crippen LogP contribution in [0.1, 0.15) is 34.3 Å². The van der Waals surface area contributed by atoms with Crippen LogP contribution in [0.3, 0.4) is 0 Å². The first kappa shape index (κ1) is 14.0. The largest absolute Gasteiger partial charge is 0.466 e. The molecule has 0 aliphatic heterocycles. The van der Waals surface area contributed by atoms with Crippen molar-refractivity contribution < 1.29 is 13.2 Å². The summed E-state index contributed by atoms with van der Waals surface area (Å²) in [5.41, 5.74) is 8.11. The number of furan rings is 1. The predicted molar refractivity (Wildman–Crippen MR) is 70.3 cm³/mol. The predicted octanol–water partition coefficient (Wildman–Crippen LogP) is 4.18. The van der Waals surface area contributed by atoms with E-state index < -0.39 is 17.7 Å². The summed E-state index contributed by atoms with van der Waals surface area (Å²) in [4.78, 5) is 0. The molecule has 1 atom stereocenters. The average molecular weight is 286 g/mol. The molecule has 2 N–H and O–H groups in total. The van der Waals surface area contributed by atoms with Gasteiger partial charge in [-0.1, -0.05) is 11.6 Å². The van der Waals surface area contributed by atoms with Crippen molar-refractivity contribution in [1.82, 2.24) is 0 Å². The molecular formula is C14H14ClF2NO. The second-order valence-electron chi connectivity index (χ2n) is 4.52. The van der Waals surface area contributed by atoms with Gasteiger partial charge in [0.15, 0.2) is 11.6 Å². The maximum atomic E-state index is 13.3. The Hall–Kier alpha value is -1.39. The topological polar surface area (TPSA) is 39.2 Å². The highest BCUT2D eigenvalue weighted by atomic mass is 35.5. The molecule has 0 aliphatic rings. The van der Waals surface area contributed by atoms with E-state index in [1.165, 1.54) is 0 Å². The van der Waals surface area contributed by atoms with Crippen LogP contribution in [0.2, 0.25) is 5.02 Å². The molecule has 0 radical (unpaired) electrons. The number of hydrogen-bond acceptors (Lipinski definition) is 2. The molecule has 0 saturated carbocycles. The molecule has 102 valence electrons. The van der Waals surface area contributed by atoms with Crippen molar-refractivity contribution in [2.75, 3.05) is 0 Å². The second-order valence-corrected chi connectivity index (χ2v) is 4.93. The van der Waals surface area contributed by atoms with Gasteiger partial charge in [0.25, 0.3) is 0 Å². The summed E-state index contributed by atoms with van der Waals surface area (Å²) in [5.74, 6) is -0.548. The summed E-state index contributed by atoms with van der Waals surface area (Å²) in [7, 11) is 0. The maximum absolute atomic E-state index is 13.3. The van der Waals surface area contributed by atoms with Crippen LogP contribution in [-0.2, 0) is 0 Å². The van der Waals surface area contributed by atoms with Gasteiger partial charge in [-0.2, -0.15) is 0 Å². The molecule has 1 unspecified atom stereocenters. The molecule has 0 amide bonds. The molecule has 0 aliphatic carbocycles. The monoisotopic (exact) mass is 285 g/mol.